The maximum absolute atomic E-state index is 12.4. The molecular formula is C18H33NO3S. The predicted octanol–water partition coefficient (Wildman–Crippen LogP) is 3.31. The lowest BCUT2D eigenvalue weighted by Gasteiger charge is -2.35. The average molecular weight is 344 g/mol. The fraction of sp³-hybridized carbons (Fsp3) is 0.944. The van der Waals surface area contributed by atoms with Crippen molar-refractivity contribution in [3.8, 4) is 0 Å². The van der Waals surface area contributed by atoms with Crippen molar-refractivity contribution in [1.29, 1.82) is 0 Å². The number of sulfone groups is 1. The van der Waals surface area contributed by atoms with Gasteiger partial charge < -0.3 is 5.32 Å². The van der Waals surface area contributed by atoms with Gasteiger partial charge in [0.05, 0.1) is 11.5 Å². The highest BCUT2D eigenvalue weighted by atomic mass is 32.2. The molecule has 23 heavy (non-hydrogen) atoms. The molecule has 0 radical (unpaired) electrons. The lowest BCUT2D eigenvalue weighted by Crippen LogP contribution is -2.45. The minimum absolute atomic E-state index is 0.00954. The first kappa shape index (κ1) is 18.8. The second-order valence-electron chi connectivity index (χ2n) is 8.70. The molecule has 0 spiro atoms. The van der Waals surface area contributed by atoms with Crippen LogP contribution < -0.4 is 5.32 Å². The summed E-state index contributed by atoms with van der Waals surface area (Å²) in [5.41, 5.74) is 0.0366. The summed E-state index contributed by atoms with van der Waals surface area (Å²) < 4.78 is 23.1. The predicted molar refractivity (Wildman–Crippen MR) is 94.0 cm³/mol. The highest BCUT2D eigenvalue weighted by Crippen LogP contribution is 2.32. The molecule has 4 nitrogen and oxygen atoms in total. The van der Waals surface area contributed by atoms with E-state index in [0.717, 1.165) is 12.3 Å². The number of carbonyl (C=O) groups excluding carboxylic acids is 1. The number of nitrogens with one attached hydrogen (secondary N) is 1. The van der Waals surface area contributed by atoms with Gasteiger partial charge in [0.2, 0.25) is 5.91 Å². The Morgan fingerprint density at radius 1 is 1.09 bits per heavy atom. The molecule has 2 rings (SSSR count). The van der Waals surface area contributed by atoms with Crippen molar-refractivity contribution in [2.45, 2.75) is 78.2 Å². The highest BCUT2D eigenvalue weighted by molar-refractivity contribution is 7.91. The summed E-state index contributed by atoms with van der Waals surface area (Å²) >= 11 is 0. The third-order valence-electron chi connectivity index (χ3n) is 5.48. The third kappa shape index (κ3) is 6.09. The Hall–Kier alpha value is -0.580. The largest absolute Gasteiger partial charge is 0.353 e. The topological polar surface area (TPSA) is 63.2 Å². The van der Waals surface area contributed by atoms with Gasteiger partial charge in [0, 0.05) is 12.5 Å². The van der Waals surface area contributed by atoms with Crippen LogP contribution in [0.4, 0.5) is 0 Å². The maximum atomic E-state index is 12.4. The summed E-state index contributed by atoms with van der Waals surface area (Å²) in [6.07, 6.45) is 8.59. The van der Waals surface area contributed by atoms with Crippen LogP contribution in [-0.2, 0) is 14.6 Å². The van der Waals surface area contributed by atoms with Crippen molar-refractivity contribution >= 4 is 15.7 Å². The minimum atomic E-state index is -2.90. The summed E-state index contributed by atoms with van der Waals surface area (Å²) in [7, 11) is -2.90. The first-order valence-electron chi connectivity index (χ1n) is 9.15. The molecule has 0 bridgehead atoms. The summed E-state index contributed by atoms with van der Waals surface area (Å²) in [4.78, 5) is 12.4. The maximum Gasteiger partial charge on any atom is 0.220 e. The molecule has 1 N–H and O–H groups in total. The highest BCUT2D eigenvalue weighted by Gasteiger charge is 2.32. The number of hydrogen-bond donors (Lipinski definition) is 1. The van der Waals surface area contributed by atoms with Gasteiger partial charge in [-0.3, -0.25) is 4.79 Å². The average Bonchev–Trinajstić information content (AvgIpc) is 2.77. The molecule has 1 saturated heterocycles. The first-order valence-corrected chi connectivity index (χ1v) is 11.0. The van der Waals surface area contributed by atoms with Gasteiger partial charge in [-0.25, -0.2) is 8.42 Å². The van der Waals surface area contributed by atoms with Gasteiger partial charge in [-0.15, -0.1) is 0 Å². The van der Waals surface area contributed by atoms with Crippen molar-refractivity contribution in [3.05, 3.63) is 0 Å². The molecule has 0 aromatic rings. The van der Waals surface area contributed by atoms with Gasteiger partial charge in [0.15, 0.2) is 9.84 Å². The summed E-state index contributed by atoms with van der Waals surface area (Å²) in [6.45, 7) is 6.54. The van der Waals surface area contributed by atoms with E-state index in [2.05, 4.69) is 26.1 Å². The van der Waals surface area contributed by atoms with Gasteiger partial charge in [-0.2, -0.15) is 0 Å². The summed E-state index contributed by atoms with van der Waals surface area (Å²) in [5, 5.41) is 3.22. The zero-order chi connectivity index (χ0) is 17.1. The smallest absolute Gasteiger partial charge is 0.220 e. The van der Waals surface area contributed by atoms with Crippen molar-refractivity contribution in [1.82, 2.24) is 5.32 Å². The van der Waals surface area contributed by atoms with Crippen LogP contribution in [0.3, 0.4) is 0 Å². The molecule has 1 aliphatic heterocycles. The molecule has 0 aromatic heterocycles. The Morgan fingerprint density at radius 2 is 1.74 bits per heavy atom. The lowest BCUT2D eigenvalue weighted by molar-refractivity contribution is -0.123. The molecule has 1 aliphatic carbocycles. The fourth-order valence-corrected chi connectivity index (χ4v) is 5.80. The molecule has 1 saturated carbocycles. The van der Waals surface area contributed by atoms with Crippen LogP contribution in [-0.4, -0.2) is 31.9 Å². The molecule has 0 unspecified atom stereocenters. The summed E-state index contributed by atoms with van der Waals surface area (Å²) in [6, 6.07) is 0.177. The first-order chi connectivity index (χ1) is 10.7. The van der Waals surface area contributed by atoms with Crippen molar-refractivity contribution < 1.29 is 13.2 Å². The van der Waals surface area contributed by atoms with E-state index in [-0.39, 0.29) is 34.8 Å². The van der Waals surface area contributed by atoms with Crippen LogP contribution in [0.25, 0.3) is 0 Å². The van der Waals surface area contributed by atoms with Gasteiger partial charge in [-0.1, -0.05) is 52.9 Å². The van der Waals surface area contributed by atoms with Gasteiger partial charge in [-0.05, 0) is 30.1 Å². The number of hydrogen-bond acceptors (Lipinski definition) is 3. The van der Waals surface area contributed by atoms with Crippen LogP contribution in [0.1, 0.15) is 72.1 Å². The van der Waals surface area contributed by atoms with E-state index < -0.39 is 9.84 Å². The van der Waals surface area contributed by atoms with Crippen molar-refractivity contribution in [2.75, 3.05) is 11.5 Å². The van der Waals surface area contributed by atoms with E-state index >= 15 is 0 Å². The molecule has 2 atom stereocenters. The van der Waals surface area contributed by atoms with E-state index in [0.29, 0.717) is 12.8 Å². The Labute approximate surface area is 141 Å². The molecule has 2 aliphatic rings. The van der Waals surface area contributed by atoms with Crippen LogP contribution in [0, 0.1) is 17.3 Å². The molecule has 5 heteroatoms. The van der Waals surface area contributed by atoms with Gasteiger partial charge >= 0.3 is 0 Å². The molecular weight excluding hydrogens is 310 g/mol. The van der Waals surface area contributed by atoms with E-state index in [9.17, 15) is 13.2 Å². The van der Waals surface area contributed by atoms with E-state index in [4.69, 9.17) is 0 Å². The molecule has 1 heterocycles. The van der Waals surface area contributed by atoms with Crippen LogP contribution >= 0.6 is 0 Å². The van der Waals surface area contributed by atoms with E-state index in [1.807, 2.05) is 0 Å². The normalized spacial score (nSPS) is 26.8. The van der Waals surface area contributed by atoms with Crippen LogP contribution in [0.2, 0.25) is 0 Å². The summed E-state index contributed by atoms with van der Waals surface area (Å²) in [5.74, 6) is 1.19. The van der Waals surface area contributed by atoms with Crippen molar-refractivity contribution in [2.24, 2.45) is 17.3 Å². The fourth-order valence-electron chi connectivity index (χ4n) is 3.93. The Bertz CT molecular complexity index is 501. The third-order valence-corrected chi connectivity index (χ3v) is 7.31. The monoisotopic (exact) mass is 343 g/mol. The minimum Gasteiger partial charge on any atom is -0.353 e. The van der Waals surface area contributed by atoms with E-state index in [1.165, 1.54) is 32.1 Å². The quantitative estimate of drug-likeness (QED) is 0.833. The number of amides is 1. The SMILES string of the molecule is CC(C)(C)[C@H](CC1CCCCC1)NC(=O)C[C@@H]1CCS(=O)(=O)C1. The zero-order valence-corrected chi connectivity index (χ0v) is 15.8. The van der Waals surface area contributed by atoms with Crippen LogP contribution in [0.15, 0.2) is 0 Å². The second-order valence-corrected chi connectivity index (χ2v) is 10.9. The zero-order valence-electron chi connectivity index (χ0n) is 14.9. The standard InChI is InChI=1S/C18H33NO3S/c1-18(2,3)16(11-14-7-5-4-6-8-14)19-17(20)12-15-9-10-23(21,22)13-15/h14-16H,4-13H2,1-3H3,(H,19,20)/t15-,16-/m0/s1. The van der Waals surface area contributed by atoms with Crippen molar-refractivity contribution in [3.63, 3.8) is 0 Å². The van der Waals surface area contributed by atoms with E-state index in [1.54, 1.807) is 0 Å². The molecule has 134 valence electrons. The second kappa shape index (κ2) is 7.54. The number of rotatable bonds is 5. The van der Waals surface area contributed by atoms with Gasteiger partial charge in [0.1, 0.15) is 0 Å². The number of carbonyl (C=O) groups is 1. The van der Waals surface area contributed by atoms with Gasteiger partial charge in [0.25, 0.3) is 0 Å². The molecule has 2 fully saturated rings. The Balaban J connectivity index is 1.88. The Morgan fingerprint density at radius 3 is 2.26 bits per heavy atom. The van der Waals surface area contributed by atoms with Crippen LogP contribution in [0.5, 0.6) is 0 Å². The Kier molecular flexibility index (Phi) is 6.15. The molecule has 0 aromatic carbocycles. The lowest BCUT2D eigenvalue weighted by atomic mass is 9.77. The molecule has 1 amide bonds.